The molecule has 3 aromatic rings. The molecule has 2 aromatic carbocycles. The molecule has 1 heterocycles. The van der Waals surface area contributed by atoms with Crippen LogP contribution in [0, 0.1) is 13.8 Å². The largest absolute Gasteiger partial charge is 0.461 e. The van der Waals surface area contributed by atoms with Crippen molar-refractivity contribution in [2.75, 3.05) is 4.72 Å². The van der Waals surface area contributed by atoms with Crippen LogP contribution in [0.1, 0.15) is 28.6 Å². The highest BCUT2D eigenvalue weighted by atomic mass is 79.9. The Balaban J connectivity index is 2.09. The number of carbonyl (C=O) groups excluding carboxylic acids is 1. The molecule has 130 valence electrons. The van der Waals surface area contributed by atoms with Crippen LogP contribution in [0.25, 0.3) is 11.0 Å². The van der Waals surface area contributed by atoms with Gasteiger partial charge in [-0.2, -0.15) is 0 Å². The number of hydrogen-bond donors (Lipinski definition) is 1. The lowest BCUT2D eigenvalue weighted by molar-refractivity contribution is 0.101. The highest BCUT2D eigenvalue weighted by Crippen LogP contribution is 2.32. The molecule has 0 aliphatic heterocycles. The number of carbonyl (C=O) groups is 1. The molecule has 0 spiro atoms. The topological polar surface area (TPSA) is 76.4 Å². The van der Waals surface area contributed by atoms with Crippen molar-refractivity contribution in [2.45, 2.75) is 25.7 Å². The summed E-state index contributed by atoms with van der Waals surface area (Å²) in [5, 5.41) is 0.601. The number of Topliss-reactive ketones (excluding diaryl/α,β-unsaturated/α-hetero) is 1. The molecule has 3 rings (SSSR count). The van der Waals surface area contributed by atoms with Crippen LogP contribution in [0.4, 0.5) is 5.69 Å². The minimum atomic E-state index is -3.73. The van der Waals surface area contributed by atoms with Crippen LogP contribution in [-0.4, -0.2) is 14.2 Å². The maximum absolute atomic E-state index is 12.6. The first-order valence-electron chi connectivity index (χ1n) is 7.52. The highest BCUT2D eigenvalue weighted by Gasteiger charge is 2.19. The first-order valence-corrected chi connectivity index (χ1v) is 9.80. The van der Waals surface area contributed by atoms with Crippen LogP contribution in [-0.2, 0) is 10.0 Å². The molecule has 0 radical (unpaired) electrons. The number of halogens is 1. The lowest BCUT2D eigenvalue weighted by Gasteiger charge is -2.11. The summed E-state index contributed by atoms with van der Waals surface area (Å²) in [6.07, 6.45) is 0. The summed E-state index contributed by atoms with van der Waals surface area (Å²) in [6.45, 7) is 4.96. The summed E-state index contributed by atoms with van der Waals surface area (Å²) in [6, 6.07) is 9.74. The zero-order valence-corrected chi connectivity index (χ0v) is 16.3. The molecule has 0 aliphatic rings. The average molecular weight is 422 g/mol. The molecule has 0 fully saturated rings. The number of benzene rings is 2. The van der Waals surface area contributed by atoms with Gasteiger partial charge < -0.3 is 4.42 Å². The van der Waals surface area contributed by atoms with Crippen LogP contribution >= 0.6 is 15.9 Å². The molecule has 1 N–H and O–H groups in total. The highest BCUT2D eigenvalue weighted by molar-refractivity contribution is 9.10. The second-order valence-electron chi connectivity index (χ2n) is 5.81. The van der Waals surface area contributed by atoms with Crippen LogP contribution in [0.15, 0.2) is 50.2 Å². The number of furan rings is 1. The average Bonchev–Trinajstić information content (AvgIpc) is 2.82. The molecule has 0 bridgehead atoms. The fourth-order valence-corrected chi connectivity index (χ4v) is 4.12. The molecule has 25 heavy (non-hydrogen) atoms. The standard InChI is InChI=1S/C18H16BrNO4S/c1-10-8-17-15(18(11(2)21)12(3)24-17)9-16(10)20-25(22,23)14-6-4-13(19)5-7-14/h4-9,20H,1-3H3. The third kappa shape index (κ3) is 3.34. The quantitative estimate of drug-likeness (QED) is 0.612. The second kappa shape index (κ2) is 6.31. The van der Waals surface area contributed by atoms with E-state index in [1.54, 1.807) is 38.1 Å². The first-order chi connectivity index (χ1) is 11.7. The second-order valence-corrected chi connectivity index (χ2v) is 8.41. The zero-order valence-electron chi connectivity index (χ0n) is 13.9. The van der Waals surface area contributed by atoms with Crippen LogP contribution < -0.4 is 4.72 Å². The molecular formula is C18H16BrNO4S. The predicted octanol–water partition coefficient (Wildman–Crippen LogP) is 4.82. The van der Waals surface area contributed by atoms with Crippen molar-refractivity contribution >= 4 is 48.4 Å². The van der Waals surface area contributed by atoms with E-state index in [0.29, 0.717) is 33.5 Å². The van der Waals surface area contributed by atoms with Gasteiger partial charge in [-0.15, -0.1) is 0 Å². The van der Waals surface area contributed by atoms with Gasteiger partial charge in [0.15, 0.2) is 5.78 Å². The van der Waals surface area contributed by atoms with Gasteiger partial charge in [0.1, 0.15) is 11.3 Å². The fourth-order valence-electron chi connectivity index (χ4n) is 2.73. The number of rotatable bonds is 4. The normalized spacial score (nSPS) is 11.7. The van der Waals surface area contributed by atoms with Crippen molar-refractivity contribution in [1.29, 1.82) is 0 Å². The Morgan fingerprint density at radius 3 is 2.36 bits per heavy atom. The minimum absolute atomic E-state index is 0.123. The van der Waals surface area contributed by atoms with Gasteiger partial charge in [0.25, 0.3) is 10.0 Å². The minimum Gasteiger partial charge on any atom is -0.461 e. The van der Waals surface area contributed by atoms with Crippen molar-refractivity contribution in [3.63, 3.8) is 0 Å². The molecule has 0 aliphatic carbocycles. The molecule has 1 aromatic heterocycles. The molecule has 7 heteroatoms. The number of hydrogen-bond acceptors (Lipinski definition) is 4. The van der Waals surface area contributed by atoms with E-state index in [9.17, 15) is 13.2 Å². The summed E-state index contributed by atoms with van der Waals surface area (Å²) in [5.41, 5.74) is 2.15. The number of sulfonamides is 1. The lowest BCUT2D eigenvalue weighted by Crippen LogP contribution is -2.13. The van der Waals surface area contributed by atoms with Gasteiger partial charge in [-0.1, -0.05) is 15.9 Å². The van der Waals surface area contributed by atoms with Crippen LogP contribution in [0.5, 0.6) is 0 Å². The van der Waals surface area contributed by atoms with Gasteiger partial charge >= 0.3 is 0 Å². The SMILES string of the molecule is CC(=O)c1c(C)oc2cc(C)c(NS(=O)(=O)c3ccc(Br)cc3)cc12. The van der Waals surface area contributed by atoms with Gasteiger partial charge in [0.2, 0.25) is 0 Å². The van der Waals surface area contributed by atoms with Gasteiger partial charge in [0, 0.05) is 9.86 Å². The van der Waals surface area contributed by atoms with E-state index in [-0.39, 0.29) is 10.7 Å². The Morgan fingerprint density at radius 1 is 1.12 bits per heavy atom. The Kier molecular flexibility index (Phi) is 4.47. The van der Waals surface area contributed by atoms with Crippen molar-refractivity contribution < 1.29 is 17.6 Å². The molecule has 0 amide bonds. The van der Waals surface area contributed by atoms with Crippen LogP contribution in [0.2, 0.25) is 0 Å². The lowest BCUT2D eigenvalue weighted by atomic mass is 10.1. The van der Waals surface area contributed by atoms with Gasteiger partial charge in [-0.3, -0.25) is 9.52 Å². The first kappa shape index (κ1) is 17.7. The van der Waals surface area contributed by atoms with E-state index in [1.165, 1.54) is 19.1 Å². The number of ketones is 1. The summed E-state index contributed by atoms with van der Waals surface area (Å²) < 4.78 is 34.2. The predicted molar refractivity (Wildman–Crippen MR) is 101 cm³/mol. The number of nitrogens with one attached hydrogen (secondary N) is 1. The monoisotopic (exact) mass is 421 g/mol. The van der Waals surface area contributed by atoms with E-state index in [1.807, 2.05) is 0 Å². The van der Waals surface area contributed by atoms with Gasteiger partial charge in [0.05, 0.1) is 16.1 Å². The summed E-state index contributed by atoms with van der Waals surface area (Å²) in [4.78, 5) is 12.0. The van der Waals surface area contributed by atoms with E-state index < -0.39 is 10.0 Å². The molecule has 5 nitrogen and oxygen atoms in total. The summed E-state index contributed by atoms with van der Waals surface area (Å²) in [5.74, 6) is 0.400. The number of aryl methyl sites for hydroxylation is 2. The summed E-state index contributed by atoms with van der Waals surface area (Å²) in [7, 11) is -3.73. The van der Waals surface area contributed by atoms with E-state index in [4.69, 9.17) is 4.42 Å². The molecule has 0 saturated carbocycles. The van der Waals surface area contributed by atoms with E-state index in [2.05, 4.69) is 20.7 Å². The van der Waals surface area contributed by atoms with Gasteiger partial charge in [-0.05, 0) is 62.7 Å². The van der Waals surface area contributed by atoms with Crippen molar-refractivity contribution in [3.8, 4) is 0 Å². The third-order valence-electron chi connectivity index (χ3n) is 3.93. The van der Waals surface area contributed by atoms with E-state index >= 15 is 0 Å². The Bertz CT molecular complexity index is 1080. The molecule has 0 atom stereocenters. The van der Waals surface area contributed by atoms with Crippen molar-refractivity contribution in [1.82, 2.24) is 0 Å². The molecule has 0 saturated heterocycles. The Hall–Kier alpha value is -2.12. The molecule has 0 unspecified atom stereocenters. The molecular weight excluding hydrogens is 406 g/mol. The van der Waals surface area contributed by atoms with Crippen molar-refractivity contribution in [2.24, 2.45) is 0 Å². The van der Waals surface area contributed by atoms with Crippen molar-refractivity contribution in [3.05, 3.63) is 57.8 Å². The third-order valence-corrected chi connectivity index (χ3v) is 5.84. The Labute approximate surface area is 154 Å². The van der Waals surface area contributed by atoms with Gasteiger partial charge in [-0.25, -0.2) is 8.42 Å². The maximum Gasteiger partial charge on any atom is 0.261 e. The fraction of sp³-hybridized carbons (Fsp3) is 0.167. The number of fused-ring (bicyclic) bond motifs is 1. The Morgan fingerprint density at radius 2 is 1.76 bits per heavy atom. The van der Waals surface area contributed by atoms with Crippen LogP contribution in [0.3, 0.4) is 0 Å². The smallest absolute Gasteiger partial charge is 0.261 e. The number of anilines is 1. The zero-order chi connectivity index (χ0) is 18.4. The summed E-state index contributed by atoms with van der Waals surface area (Å²) >= 11 is 3.28. The van der Waals surface area contributed by atoms with E-state index in [0.717, 1.165) is 4.47 Å². The maximum atomic E-state index is 12.6.